The molecule has 6 nitrogen and oxygen atoms in total. The van der Waals surface area contributed by atoms with Gasteiger partial charge >= 0.3 is 0 Å². The van der Waals surface area contributed by atoms with Crippen LogP contribution in [0.1, 0.15) is 73.4 Å². The van der Waals surface area contributed by atoms with Gasteiger partial charge in [-0.15, -0.1) is 0 Å². The second kappa shape index (κ2) is 13.0. The van der Waals surface area contributed by atoms with Crippen molar-refractivity contribution in [2.45, 2.75) is 90.4 Å². The molecule has 0 saturated heterocycles. The van der Waals surface area contributed by atoms with E-state index in [-0.39, 0.29) is 15.1 Å². The molecule has 240 valence electrons. The molecule has 44 heavy (non-hydrogen) atoms. The van der Waals surface area contributed by atoms with Crippen LogP contribution < -0.4 is 9.47 Å². The highest BCUT2D eigenvalue weighted by Gasteiger charge is 2.62. The number of aromatic amines is 1. The Labute approximate surface area is 275 Å². The van der Waals surface area contributed by atoms with Crippen LogP contribution in [0.15, 0.2) is 36.7 Å². The van der Waals surface area contributed by atoms with Gasteiger partial charge in [0.15, 0.2) is 8.24 Å². The van der Waals surface area contributed by atoms with Crippen LogP contribution in [0.25, 0.3) is 21.8 Å². The van der Waals surface area contributed by atoms with Crippen molar-refractivity contribution in [2.75, 3.05) is 28.3 Å². The summed E-state index contributed by atoms with van der Waals surface area (Å²) < 4.78 is 13.4. The highest BCUT2D eigenvalue weighted by atomic mass is 35.5. The van der Waals surface area contributed by atoms with E-state index in [1.54, 1.807) is 26.5 Å². The van der Waals surface area contributed by atoms with Gasteiger partial charge in [-0.25, -0.2) is 0 Å². The van der Waals surface area contributed by atoms with E-state index in [0.717, 1.165) is 39.2 Å². The number of hydrogen-bond acceptors (Lipinski definition) is 4. The number of benzene rings is 2. The molecule has 4 aromatic rings. The van der Waals surface area contributed by atoms with Crippen LogP contribution in [0.3, 0.4) is 0 Å². The van der Waals surface area contributed by atoms with E-state index in [9.17, 15) is 0 Å². The summed E-state index contributed by atoms with van der Waals surface area (Å²) in [4.78, 5) is 5.29. The van der Waals surface area contributed by atoms with Crippen molar-refractivity contribution in [1.82, 2.24) is 14.1 Å². The molecule has 1 N–H and O–H groups in total. The molecule has 9 heteroatoms. The van der Waals surface area contributed by atoms with Gasteiger partial charge in [-0.05, 0) is 52.5 Å². The Bertz CT molecular complexity index is 1630. The summed E-state index contributed by atoms with van der Waals surface area (Å²) in [6.07, 6.45) is 4.56. The first-order valence-corrected chi connectivity index (χ1v) is 17.7. The van der Waals surface area contributed by atoms with Crippen molar-refractivity contribution in [2.24, 2.45) is 0 Å². The van der Waals surface area contributed by atoms with Gasteiger partial charge in [-0.2, -0.15) is 5.26 Å². The van der Waals surface area contributed by atoms with Gasteiger partial charge in [0.1, 0.15) is 11.5 Å². The van der Waals surface area contributed by atoms with Crippen LogP contribution in [-0.4, -0.2) is 50.7 Å². The number of methoxy groups -OCH3 is 2. The Kier molecular flexibility index (Phi) is 10.6. The average molecular weight is 658 g/mol. The number of nitrogens with one attached hydrogen (secondary N) is 1. The summed E-state index contributed by atoms with van der Waals surface area (Å²) in [6, 6.07) is 9.85. The minimum absolute atomic E-state index is 0.125. The van der Waals surface area contributed by atoms with Crippen molar-refractivity contribution < 1.29 is 9.47 Å². The molecule has 2 heterocycles. The van der Waals surface area contributed by atoms with E-state index in [2.05, 4.69) is 109 Å². The van der Waals surface area contributed by atoms with E-state index in [4.69, 9.17) is 37.9 Å². The molecule has 2 aromatic carbocycles. The molecule has 0 unspecified atom stereocenters. The fraction of sp³-hybridized carbons (Fsp3) is 0.514. The number of aromatic nitrogens is 2. The molecule has 0 amide bonds. The van der Waals surface area contributed by atoms with Gasteiger partial charge in [0.2, 0.25) is 0 Å². The predicted molar refractivity (Wildman–Crippen MR) is 190 cm³/mol. The summed E-state index contributed by atoms with van der Waals surface area (Å²) in [5.74, 6) is 1.52. The van der Waals surface area contributed by atoms with Crippen LogP contribution in [0.4, 0.5) is 0 Å². The summed E-state index contributed by atoms with van der Waals surface area (Å²) >= 11 is 13.0. The molecule has 0 saturated carbocycles. The summed E-state index contributed by atoms with van der Waals surface area (Å²) in [5.41, 5.74) is 4.30. The zero-order chi connectivity index (χ0) is 33.4. The zero-order valence-electron chi connectivity index (χ0n) is 28.8. The maximum atomic E-state index is 8.66. The van der Waals surface area contributed by atoms with Gasteiger partial charge in [0.05, 0.1) is 42.3 Å². The predicted octanol–water partition coefficient (Wildman–Crippen LogP) is 10.5. The van der Waals surface area contributed by atoms with Crippen LogP contribution in [0.5, 0.6) is 11.5 Å². The lowest BCUT2D eigenvalue weighted by Gasteiger charge is -2.59. The molecule has 2 aromatic heterocycles. The fourth-order valence-electron chi connectivity index (χ4n) is 8.28. The lowest BCUT2D eigenvalue weighted by molar-refractivity contribution is 0.403. The number of ether oxygens (including phenoxy) is 2. The molecular formula is C35H50Cl2N4O2Si. The van der Waals surface area contributed by atoms with Crippen molar-refractivity contribution >= 4 is 53.2 Å². The van der Waals surface area contributed by atoms with E-state index in [1.165, 1.54) is 11.1 Å². The normalized spacial score (nSPS) is 12.8. The SMILES string of the molecule is COc1cc(Cl)c2c(CC#N)c[nH]c2c1.COc1cc(Cl)c2c(CN(C)C)cn([Si](C(C)(C)C)(C(C)(C)C)C(C)(C)C)c2c1. The van der Waals surface area contributed by atoms with Gasteiger partial charge < -0.3 is 23.6 Å². The maximum Gasteiger partial charge on any atom is 0.177 e. The molecule has 0 aliphatic carbocycles. The Hall–Kier alpha value is -2.63. The molecule has 0 aliphatic rings. The summed E-state index contributed by atoms with van der Waals surface area (Å²) in [5, 5.41) is 12.5. The Morgan fingerprint density at radius 2 is 1.32 bits per heavy atom. The molecule has 0 atom stereocenters. The molecular weight excluding hydrogens is 607 g/mol. The van der Waals surface area contributed by atoms with Crippen molar-refractivity contribution in [1.29, 1.82) is 5.26 Å². The van der Waals surface area contributed by atoms with Crippen LogP contribution in [0.2, 0.25) is 25.2 Å². The van der Waals surface area contributed by atoms with E-state index in [0.29, 0.717) is 17.2 Å². The molecule has 0 spiro atoms. The number of hydrogen-bond donors (Lipinski definition) is 1. The third-order valence-electron chi connectivity index (χ3n) is 8.54. The topological polar surface area (TPSA) is 66.2 Å². The minimum Gasteiger partial charge on any atom is -0.497 e. The van der Waals surface area contributed by atoms with Crippen LogP contribution in [-0.2, 0) is 13.0 Å². The average Bonchev–Trinajstić information content (AvgIpc) is 3.44. The van der Waals surface area contributed by atoms with E-state index >= 15 is 0 Å². The first-order chi connectivity index (χ1) is 20.2. The molecule has 4 rings (SSSR count). The highest BCUT2D eigenvalue weighted by molar-refractivity contribution is 6.86. The zero-order valence-corrected chi connectivity index (χ0v) is 31.3. The summed E-state index contributed by atoms with van der Waals surface area (Å²) in [6.45, 7) is 22.7. The van der Waals surface area contributed by atoms with Crippen LogP contribution in [0, 0.1) is 11.3 Å². The van der Waals surface area contributed by atoms with Crippen molar-refractivity contribution in [3.63, 3.8) is 0 Å². The lowest BCUT2D eigenvalue weighted by atomic mass is 10.1. The Morgan fingerprint density at radius 1 is 0.818 bits per heavy atom. The third-order valence-corrected chi connectivity index (χ3v) is 16.7. The molecule has 0 radical (unpaired) electrons. The standard InChI is InChI=1S/C24H41ClN2OSi.C11H9ClN2O/c1-22(2,3)29(23(4,5)6,24(7,8)9)27-16-17(15-26(10)11)21-19(25)13-18(28-12)14-20(21)27;1-15-8-4-9(12)11-7(2-3-13)6-14-10(11)5-8/h13-14,16H,15H2,1-12H3;4-6,14H,2H2,1H3. The Balaban J connectivity index is 0.000000293. The van der Waals surface area contributed by atoms with E-state index in [1.807, 2.05) is 12.1 Å². The maximum absolute atomic E-state index is 8.66. The first-order valence-electron chi connectivity index (χ1n) is 15.0. The Morgan fingerprint density at radius 3 is 1.77 bits per heavy atom. The number of nitriles is 1. The second-order valence-electron chi connectivity index (χ2n) is 14.9. The lowest BCUT2D eigenvalue weighted by Crippen LogP contribution is -2.63. The highest BCUT2D eigenvalue weighted by Crippen LogP contribution is 2.63. The first kappa shape index (κ1) is 35.8. The van der Waals surface area contributed by atoms with Gasteiger partial charge in [0, 0.05) is 47.4 Å². The molecule has 0 aliphatic heterocycles. The number of H-pyrrole nitrogens is 1. The van der Waals surface area contributed by atoms with Crippen LogP contribution >= 0.6 is 23.2 Å². The number of halogens is 2. The van der Waals surface area contributed by atoms with Gasteiger partial charge in [-0.3, -0.25) is 0 Å². The minimum atomic E-state index is -2.25. The third kappa shape index (κ3) is 6.51. The monoisotopic (exact) mass is 656 g/mol. The smallest absolute Gasteiger partial charge is 0.177 e. The largest absolute Gasteiger partial charge is 0.497 e. The molecule has 0 fully saturated rings. The van der Waals surface area contributed by atoms with Gasteiger partial charge in [-0.1, -0.05) is 85.5 Å². The number of fused-ring (bicyclic) bond motifs is 2. The van der Waals surface area contributed by atoms with Crippen molar-refractivity contribution in [3.8, 4) is 17.6 Å². The number of nitrogens with zero attached hydrogens (tertiary/aromatic N) is 3. The summed E-state index contributed by atoms with van der Waals surface area (Å²) in [7, 11) is 5.29. The van der Waals surface area contributed by atoms with Gasteiger partial charge in [0.25, 0.3) is 0 Å². The molecule has 0 bridgehead atoms. The fourth-order valence-corrected chi connectivity index (χ4v) is 18.7. The number of rotatable bonds is 6. The van der Waals surface area contributed by atoms with Crippen molar-refractivity contribution in [3.05, 3.63) is 57.8 Å². The second-order valence-corrected chi connectivity index (χ2v) is 22.1. The quantitative estimate of drug-likeness (QED) is 0.210. The van der Waals surface area contributed by atoms with E-state index < -0.39 is 8.24 Å².